The van der Waals surface area contributed by atoms with Crippen LogP contribution in [0.5, 0.6) is 0 Å². The maximum absolute atomic E-state index is 13.3. The molecule has 0 radical (unpaired) electrons. The topological polar surface area (TPSA) is 75.2 Å². The summed E-state index contributed by atoms with van der Waals surface area (Å²) >= 11 is 7.09. The molecule has 9 heteroatoms. The molecule has 2 aromatic rings. The number of carbonyl (C=O) groups excluding carboxylic acids is 2. The summed E-state index contributed by atoms with van der Waals surface area (Å²) in [6.45, 7) is 4.20. The van der Waals surface area contributed by atoms with Crippen molar-refractivity contribution < 1.29 is 14.0 Å². The Bertz CT molecular complexity index is 826. The lowest BCUT2D eigenvalue weighted by molar-refractivity contribution is -0.122. The first-order valence-electron chi connectivity index (χ1n) is 7.75. The van der Waals surface area contributed by atoms with Crippen LogP contribution in [-0.2, 0) is 9.59 Å². The van der Waals surface area contributed by atoms with Gasteiger partial charge in [-0.05, 0) is 18.2 Å². The molecule has 1 saturated heterocycles. The number of amides is 2. The standard InChI is InChI=1S/C16H16ClFN4O2S/c1-8(2)15-20-21-16(25-15)19-14(24)9-5-13(23)22(7-9)10-3-4-12(18)11(17)6-10/h3-4,6,8-9H,5,7H2,1-2H3,(H,19,21,24)/t9-/m0/s1. The van der Waals surface area contributed by atoms with Crippen LogP contribution < -0.4 is 10.2 Å². The fourth-order valence-corrected chi connectivity index (χ4v) is 3.44. The Hall–Kier alpha value is -2.06. The predicted octanol–water partition coefficient (Wildman–Crippen LogP) is 3.45. The molecule has 0 unspecified atom stereocenters. The van der Waals surface area contributed by atoms with Gasteiger partial charge in [0.1, 0.15) is 10.8 Å². The number of benzene rings is 1. The Morgan fingerprint density at radius 2 is 2.20 bits per heavy atom. The summed E-state index contributed by atoms with van der Waals surface area (Å²) in [6, 6.07) is 4.06. The highest BCUT2D eigenvalue weighted by Crippen LogP contribution is 2.29. The molecule has 3 rings (SSSR count). The summed E-state index contributed by atoms with van der Waals surface area (Å²) in [5, 5.41) is 11.9. The van der Waals surface area contributed by atoms with E-state index in [0.29, 0.717) is 10.8 Å². The van der Waals surface area contributed by atoms with Gasteiger partial charge in [0.2, 0.25) is 16.9 Å². The Morgan fingerprint density at radius 3 is 2.84 bits per heavy atom. The molecule has 6 nitrogen and oxygen atoms in total. The molecule has 1 aromatic carbocycles. The van der Waals surface area contributed by atoms with Crippen molar-refractivity contribution in [3.63, 3.8) is 0 Å². The Labute approximate surface area is 153 Å². The van der Waals surface area contributed by atoms with Crippen LogP contribution in [0.2, 0.25) is 5.02 Å². The molecule has 1 N–H and O–H groups in total. The number of hydrogen-bond donors (Lipinski definition) is 1. The molecule has 1 atom stereocenters. The van der Waals surface area contributed by atoms with Gasteiger partial charge in [-0.1, -0.05) is 36.8 Å². The van der Waals surface area contributed by atoms with Gasteiger partial charge in [-0.3, -0.25) is 9.59 Å². The molecule has 1 aromatic heterocycles. The highest BCUT2D eigenvalue weighted by Gasteiger charge is 2.35. The zero-order chi connectivity index (χ0) is 18.1. The highest BCUT2D eigenvalue weighted by atomic mass is 35.5. The van der Waals surface area contributed by atoms with E-state index in [1.165, 1.54) is 34.4 Å². The second-order valence-electron chi connectivity index (χ2n) is 6.09. The molecule has 0 aliphatic carbocycles. The maximum Gasteiger partial charge on any atom is 0.231 e. The van der Waals surface area contributed by atoms with E-state index in [-0.39, 0.29) is 35.7 Å². The summed E-state index contributed by atoms with van der Waals surface area (Å²) in [5.74, 6) is -1.32. The van der Waals surface area contributed by atoms with Gasteiger partial charge in [0.05, 0.1) is 10.9 Å². The third-order valence-electron chi connectivity index (χ3n) is 3.88. The van der Waals surface area contributed by atoms with Crippen LogP contribution in [0.15, 0.2) is 18.2 Å². The van der Waals surface area contributed by atoms with Crippen LogP contribution in [0.3, 0.4) is 0 Å². The normalized spacial score (nSPS) is 17.4. The zero-order valence-electron chi connectivity index (χ0n) is 13.6. The predicted molar refractivity (Wildman–Crippen MR) is 94.5 cm³/mol. The number of halogens is 2. The van der Waals surface area contributed by atoms with Crippen LogP contribution >= 0.6 is 22.9 Å². The third-order valence-corrected chi connectivity index (χ3v) is 5.30. The van der Waals surface area contributed by atoms with E-state index < -0.39 is 11.7 Å². The molecule has 2 heterocycles. The first-order chi connectivity index (χ1) is 11.8. The van der Waals surface area contributed by atoms with Crippen LogP contribution in [0, 0.1) is 11.7 Å². The molecule has 0 saturated carbocycles. The van der Waals surface area contributed by atoms with Crippen molar-refractivity contribution in [3.8, 4) is 0 Å². The first-order valence-corrected chi connectivity index (χ1v) is 8.94. The number of carbonyl (C=O) groups is 2. The molecule has 2 amide bonds. The minimum absolute atomic E-state index is 0.0618. The first kappa shape index (κ1) is 17.8. The fourth-order valence-electron chi connectivity index (χ4n) is 2.51. The fraction of sp³-hybridized carbons (Fsp3) is 0.375. The number of rotatable bonds is 4. The number of nitrogens with zero attached hydrogens (tertiary/aromatic N) is 3. The molecule has 25 heavy (non-hydrogen) atoms. The highest BCUT2D eigenvalue weighted by molar-refractivity contribution is 7.15. The maximum atomic E-state index is 13.3. The van der Waals surface area contributed by atoms with Gasteiger partial charge in [-0.25, -0.2) is 4.39 Å². The van der Waals surface area contributed by atoms with Gasteiger partial charge in [0.25, 0.3) is 0 Å². The second kappa shape index (κ2) is 7.05. The van der Waals surface area contributed by atoms with Crippen LogP contribution in [-0.4, -0.2) is 28.6 Å². The monoisotopic (exact) mass is 382 g/mol. The van der Waals surface area contributed by atoms with Crippen LogP contribution in [0.25, 0.3) is 0 Å². The summed E-state index contributed by atoms with van der Waals surface area (Å²) in [7, 11) is 0. The average molecular weight is 383 g/mol. The van der Waals surface area contributed by atoms with E-state index in [2.05, 4.69) is 15.5 Å². The third kappa shape index (κ3) is 3.80. The van der Waals surface area contributed by atoms with Crippen molar-refractivity contribution in [1.82, 2.24) is 10.2 Å². The quantitative estimate of drug-likeness (QED) is 0.878. The van der Waals surface area contributed by atoms with E-state index in [0.717, 1.165) is 5.01 Å². The largest absolute Gasteiger partial charge is 0.312 e. The van der Waals surface area contributed by atoms with E-state index in [1.54, 1.807) is 0 Å². The Morgan fingerprint density at radius 1 is 1.44 bits per heavy atom. The molecule has 1 fully saturated rings. The van der Waals surface area contributed by atoms with Crippen molar-refractivity contribution in [1.29, 1.82) is 0 Å². The summed E-state index contributed by atoms with van der Waals surface area (Å²) < 4.78 is 13.3. The molecule has 0 spiro atoms. The van der Waals surface area contributed by atoms with Gasteiger partial charge in [0.15, 0.2) is 0 Å². The minimum Gasteiger partial charge on any atom is -0.312 e. The zero-order valence-corrected chi connectivity index (χ0v) is 15.2. The molecular weight excluding hydrogens is 367 g/mol. The van der Waals surface area contributed by atoms with E-state index in [9.17, 15) is 14.0 Å². The second-order valence-corrected chi connectivity index (χ2v) is 7.51. The van der Waals surface area contributed by atoms with E-state index in [4.69, 9.17) is 11.6 Å². The Balaban J connectivity index is 1.68. The van der Waals surface area contributed by atoms with Gasteiger partial charge in [-0.2, -0.15) is 0 Å². The Kier molecular flexibility index (Phi) is 5.01. The lowest BCUT2D eigenvalue weighted by Crippen LogP contribution is -2.28. The van der Waals surface area contributed by atoms with E-state index in [1.807, 2.05) is 13.8 Å². The van der Waals surface area contributed by atoms with Crippen molar-refractivity contribution in [2.24, 2.45) is 5.92 Å². The van der Waals surface area contributed by atoms with E-state index >= 15 is 0 Å². The van der Waals surface area contributed by atoms with Gasteiger partial charge in [-0.15, -0.1) is 10.2 Å². The number of aromatic nitrogens is 2. The molecular formula is C16H16ClFN4O2S. The summed E-state index contributed by atoms with van der Waals surface area (Å²) in [6.07, 6.45) is 0.0800. The van der Waals surface area contributed by atoms with Crippen LogP contribution in [0.4, 0.5) is 15.2 Å². The number of hydrogen-bond acceptors (Lipinski definition) is 5. The van der Waals surface area contributed by atoms with Crippen molar-refractivity contribution >= 4 is 45.6 Å². The van der Waals surface area contributed by atoms with Gasteiger partial charge >= 0.3 is 0 Å². The SMILES string of the molecule is CC(C)c1nnc(NC(=O)[C@H]2CC(=O)N(c3ccc(F)c(Cl)c3)C2)s1. The van der Waals surface area contributed by atoms with Crippen LogP contribution in [0.1, 0.15) is 31.2 Å². The minimum atomic E-state index is -0.552. The molecule has 1 aliphatic heterocycles. The summed E-state index contributed by atoms with van der Waals surface area (Å²) in [4.78, 5) is 26.1. The number of nitrogens with one attached hydrogen (secondary N) is 1. The van der Waals surface area contributed by atoms with Gasteiger partial charge < -0.3 is 10.2 Å². The molecule has 1 aliphatic rings. The average Bonchev–Trinajstić information content (AvgIpc) is 3.17. The lowest BCUT2D eigenvalue weighted by Gasteiger charge is -2.17. The lowest BCUT2D eigenvalue weighted by atomic mass is 10.1. The number of anilines is 2. The van der Waals surface area contributed by atoms with Crippen molar-refractivity contribution in [3.05, 3.63) is 34.0 Å². The van der Waals surface area contributed by atoms with Crippen molar-refractivity contribution in [2.75, 3.05) is 16.8 Å². The molecule has 0 bridgehead atoms. The van der Waals surface area contributed by atoms with Gasteiger partial charge in [0, 0.05) is 24.6 Å². The summed E-state index contributed by atoms with van der Waals surface area (Å²) in [5.41, 5.74) is 0.477. The smallest absolute Gasteiger partial charge is 0.231 e. The van der Waals surface area contributed by atoms with Crippen molar-refractivity contribution in [2.45, 2.75) is 26.2 Å². The molecule has 132 valence electrons.